The van der Waals surface area contributed by atoms with Crippen molar-refractivity contribution in [1.29, 1.82) is 0 Å². The second kappa shape index (κ2) is 14.2. The molecule has 0 unspecified atom stereocenters. The van der Waals surface area contributed by atoms with Gasteiger partial charge in [-0.1, -0.05) is 170 Å². The van der Waals surface area contributed by atoms with E-state index in [0.29, 0.717) is 0 Å². The molecule has 0 spiro atoms. The van der Waals surface area contributed by atoms with Gasteiger partial charge in [-0.05, 0) is 22.3 Å². The fourth-order valence-corrected chi connectivity index (χ4v) is 3.90. The molecule has 166 valence electrons. The van der Waals surface area contributed by atoms with Crippen LogP contribution in [-0.2, 0) is 21.1 Å². The second-order valence-electron chi connectivity index (χ2n) is 6.78. The van der Waals surface area contributed by atoms with Gasteiger partial charge in [0.05, 0.1) is 19.5 Å². The Kier molecular flexibility index (Phi) is 11.7. The maximum Gasteiger partial charge on any atom is 0.0636 e. The summed E-state index contributed by atoms with van der Waals surface area (Å²) in [6.07, 6.45) is 0. The summed E-state index contributed by atoms with van der Waals surface area (Å²) in [5.41, 5.74) is 4.02. The van der Waals surface area contributed by atoms with Crippen LogP contribution in [0.5, 0.6) is 0 Å². The number of hydrogen-bond acceptors (Lipinski definition) is 4. The minimum atomic E-state index is 0. The van der Waals surface area contributed by atoms with Crippen LogP contribution in [-0.4, -0.2) is 19.5 Å². The van der Waals surface area contributed by atoms with Gasteiger partial charge in [0.1, 0.15) is 0 Å². The van der Waals surface area contributed by atoms with Crippen LogP contribution in [0.15, 0.2) is 121 Å². The molecule has 0 saturated carbocycles. The maximum absolute atomic E-state index is 5.38. The smallest absolute Gasteiger partial charge is 0.0636 e. The SMILES string of the molecule is S=C(C(=S)c1ccccc1)c1ccccc1.S=C(C(=S)c1ccccc1)c1ccccc1.[Pt]. The van der Waals surface area contributed by atoms with Crippen molar-refractivity contribution in [1.82, 2.24) is 0 Å². The fourth-order valence-electron chi connectivity index (χ4n) is 2.88. The van der Waals surface area contributed by atoms with E-state index in [2.05, 4.69) is 0 Å². The number of hydrogen-bond donors (Lipinski definition) is 0. The summed E-state index contributed by atoms with van der Waals surface area (Å²) in [6.45, 7) is 0. The Morgan fingerprint density at radius 3 is 0.606 bits per heavy atom. The molecule has 0 aliphatic heterocycles. The van der Waals surface area contributed by atoms with Crippen molar-refractivity contribution < 1.29 is 21.1 Å². The topological polar surface area (TPSA) is 0 Å². The number of rotatable bonds is 6. The van der Waals surface area contributed by atoms with Gasteiger partial charge in [0, 0.05) is 21.1 Å². The summed E-state index contributed by atoms with van der Waals surface area (Å²) in [5, 5.41) is 0. The third-order valence-corrected chi connectivity index (χ3v) is 6.57. The van der Waals surface area contributed by atoms with Gasteiger partial charge in [-0.2, -0.15) is 0 Å². The van der Waals surface area contributed by atoms with Gasteiger partial charge in [-0.3, -0.25) is 0 Å². The zero-order valence-electron chi connectivity index (χ0n) is 17.5. The summed E-state index contributed by atoms with van der Waals surface area (Å²) in [6, 6.07) is 39.5. The van der Waals surface area contributed by atoms with Crippen LogP contribution in [0.2, 0.25) is 0 Å². The van der Waals surface area contributed by atoms with E-state index in [0.717, 1.165) is 41.7 Å². The van der Waals surface area contributed by atoms with Crippen molar-refractivity contribution in [2.45, 2.75) is 0 Å². The maximum atomic E-state index is 5.38. The molecule has 0 heterocycles. The molecule has 0 aromatic heterocycles. The zero-order valence-corrected chi connectivity index (χ0v) is 23.0. The molecule has 0 radical (unpaired) electrons. The van der Waals surface area contributed by atoms with Crippen molar-refractivity contribution in [3.8, 4) is 0 Å². The van der Waals surface area contributed by atoms with Gasteiger partial charge in [-0.15, -0.1) is 0 Å². The molecule has 0 N–H and O–H groups in total. The summed E-state index contributed by atoms with van der Waals surface area (Å²) in [5.74, 6) is 0. The number of benzene rings is 4. The van der Waals surface area contributed by atoms with Gasteiger partial charge in [-0.25, -0.2) is 0 Å². The normalized spacial score (nSPS) is 9.45. The standard InChI is InChI=1S/2C14H10S2.Pt/c2*15-13(11-7-3-1-4-8-11)14(16)12-9-5-2-6-10-12;/h2*1-10H;. The van der Waals surface area contributed by atoms with E-state index in [4.69, 9.17) is 48.9 Å². The van der Waals surface area contributed by atoms with E-state index in [1.54, 1.807) is 0 Å². The molecule has 0 nitrogen and oxygen atoms in total. The van der Waals surface area contributed by atoms with E-state index in [-0.39, 0.29) is 21.1 Å². The molecule has 4 aromatic rings. The van der Waals surface area contributed by atoms with Crippen molar-refractivity contribution in [2.75, 3.05) is 0 Å². The van der Waals surface area contributed by atoms with Crippen LogP contribution in [0, 0.1) is 0 Å². The Hall–Kier alpha value is -2.07. The van der Waals surface area contributed by atoms with E-state index in [9.17, 15) is 0 Å². The monoisotopic (exact) mass is 679 g/mol. The summed E-state index contributed by atoms with van der Waals surface area (Å²) >= 11 is 21.5. The quantitative estimate of drug-likeness (QED) is 0.152. The molecule has 33 heavy (non-hydrogen) atoms. The number of thiocarbonyl (C=S) groups is 4. The third-order valence-electron chi connectivity index (χ3n) is 4.56. The van der Waals surface area contributed by atoms with Gasteiger partial charge in [0.25, 0.3) is 0 Å². The van der Waals surface area contributed by atoms with Crippen LogP contribution in [0.3, 0.4) is 0 Å². The Bertz CT molecular complexity index is 1010. The molecule has 0 amide bonds. The average molecular weight is 680 g/mol. The van der Waals surface area contributed by atoms with Crippen LogP contribution >= 0.6 is 48.9 Å². The Morgan fingerprint density at radius 1 is 0.303 bits per heavy atom. The van der Waals surface area contributed by atoms with Crippen LogP contribution < -0.4 is 0 Å². The van der Waals surface area contributed by atoms with E-state index in [1.165, 1.54) is 0 Å². The van der Waals surface area contributed by atoms with Gasteiger partial charge < -0.3 is 0 Å². The summed E-state index contributed by atoms with van der Waals surface area (Å²) in [4.78, 5) is 2.95. The van der Waals surface area contributed by atoms with E-state index >= 15 is 0 Å². The minimum Gasteiger partial charge on any atom is -0.0778 e. The summed E-state index contributed by atoms with van der Waals surface area (Å²) < 4.78 is 0. The molecule has 0 bridgehead atoms. The Labute approximate surface area is 231 Å². The zero-order chi connectivity index (χ0) is 22.8. The molecule has 0 fully saturated rings. The van der Waals surface area contributed by atoms with Crippen LogP contribution in [0.25, 0.3) is 0 Å². The Balaban J connectivity index is 0.000000227. The second-order valence-corrected chi connectivity index (χ2v) is 8.41. The van der Waals surface area contributed by atoms with Crippen molar-refractivity contribution in [3.05, 3.63) is 144 Å². The van der Waals surface area contributed by atoms with E-state index in [1.807, 2.05) is 121 Å². The van der Waals surface area contributed by atoms with E-state index < -0.39 is 0 Å². The van der Waals surface area contributed by atoms with Crippen molar-refractivity contribution >= 4 is 68.3 Å². The molecule has 0 atom stereocenters. The first kappa shape index (κ1) is 27.2. The first-order valence-electron chi connectivity index (χ1n) is 9.96. The summed E-state index contributed by atoms with van der Waals surface area (Å²) in [7, 11) is 0. The molecule has 4 rings (SSSR count). The average Bonchev–Trinajstić information content (AvgIpc) is 2.89. The first-order valence-corrected chi connectivity index (χ1v) is 11.6. The van der Waals surface area contributed by atoms with Crippen LogP contribution in [0.1, 0.15) is 22.3 Å². The fraction of sp³-hybridized carbons (Fsp3) is 0. The van der Waals surface area contributed by atoms with Gasteiger partial charge in [0.2, 0.25) is 0 Å². The molecule has 0 saturated heterocycles. The Morgan fingerprint density at radius 2 is 0.455 bits per heavy atom. The molecular weight excluding hydrogens is 660 g/mol. The molecule has 0 aliphatic carbocycles. The third kappa shape index (κ3) is 8.03. The minimum absolute atomic E-state index is 0. The van der Waals surface area contributed by atoms with Crippen molar-refractivity contribution in [3.63, 3.8) is 0 Å². The predicted molar refractivity (Wildman–Crippen MR) is 153 cm³/mol. The van der Waals surface area contributed by atoms with Gasteiger partial charge >= 0.3 is 0 Å². The first-order chi connectivity index (χ1) is 15.6. The predicted octanol–water partition coefficient (Wildman–Crippen LogP) is 7.64. The van der Waals surface area contributed by atoms with Gasteiger partial charge in [0.15, 0.2) is 0 Å². The van der Waals surface area contributed by atoms with Crippen LogP contribution in [0.4, 0.5) is 0 Å². The molecular formula is C28H20PtS4. The molecule has 0 aliphatic rings. The molecule has 4 aromatic carbocycles. The molecule has 5 heteroatoms. The largest absolute Gasteiger partial charge is 0.0778 e. The van der Waals surface area contributed by atoms with Crippen molar-refractivity contribution in [2.24, 2.45) is 0 Å².